The summed E-state index contributed by atoms with van der Waals surface area (Å²) in [5.74, 6) is -3.11. The number of pyridine rings is 1. The third-order valence-electron chi connectivity index (χ3n) is 4.02. The van der Waals surface area contributed by atoms with E-state index in [0.717, 1.165) is 18.2 Å². The average molecular weight is 385 g/mol. The van der Waals surface area contributed by atoms with Gasteiger partial charge >= 0.3 is 5.97 Å². The second-order valence-corrected chi connectivity index (χ2v) is 6.33. The zero-order valence-electron chi connectivity index (χ0n) is 15.2. The first-order chi connectivity index (χ1) is 13.4. The van der Waals surface area contributed by atoms with Crippen LogP contribution in [0.2, 0.25) is 0 Å². The number of halogens is 2. The molecule has 0 amide bonds. The van der Waals surface area contributed by atoms with E-state index in [2.05, 4.69) is 10.1 Å². The molecule has 0 atom stereocenters. The highest BCUT2D eigenvalue weighted by atomic mass is 19.2. The smallest absolute Gasteiger partial charge is 0.342 e. The van der Waals surface area contributed by atoms with Crippen molar-refractivity contribution < 1.29 is 23.1 Å². The summed E-state index contributed by atoms with van der Waals surface area (Å²) in [6.45, 7) is 3.18. The fraction of sp³-hybridized carbons (Fsp3) is 0.200. The van der Waals surface area contributed by atoms with E-state index in [1.165, 1.54) is 6.20 Å². The predicted octanol–water partition coefficient (Wildman–Crippen LogP) is 3.71. The number of hydrogen-bond donors (Lipinski definition) is 0. The van der Waals surface area contributed by atoms with Gasteiger partial charge in [-0.2, -0.15) is 5.10 Å². The van der Waals surface area contributed by atoms with E-state index in [-0.39, 0.29) is 17.0 Å². The summed E-state index contributed by atoms with van der Waals surface area (Å²) < 4.78 is 32.8. The number of esters is 1. The minimum absolute atomic E-state index is 0.0750. The number of rotatable bonds is 6. The molecule has 0 N–H and O–H groups in total. The molecule has 0 aliphatic heterocycles. The van der Waals surface area contributed by atoms with Crippen molar-refractivity contribution in [1.29, 1.82) is 0 Å². The summed E-state index contributed by atoms with van der Waals surface area (Å²) in [5.41, 5.74) is 0.711. The molecule has 3 aromatic rings. The van der Waals surface area contributed by atoms with Gasteiger partial charge < -0.3 is 4.74 Å². The molecule has 0 saturated heterocycles. The van der Waals surface area contributed by atoms with Crippen LogP contribution in [0.4, 0.5) is 8.78 Å². The molecule has 3 rings (SSSR count). The highest BCUT2D eigenvalue weighted by Crippen LogP contribution is 2.23. The lowest BCUT2D eigenvalue weighted by atomic mass is 10.1. The Hall–Kier alpha value is -3.42. The van der Waals surface area contributed by atoms with Crippen LogP contribution in [0.25, 0.3) is 5.82 Å². The van der Waals surface area contributed by atoms with Gasteiger partial charge in [0.05, 0.1) is 11.9 Å². The van der Waals surface area contributed by atoms with E-state index in [1.54, 1.807) is 29.1 Å². The van der Waals surface area contributed by atoms with Gasteiger partial charge in [-0.25, -0.2) is 23.2 Å². The van der Waals surface area contributed by atoms with E-state index in [0.29, 0.717) is 11.5 Å². The van der Waals surface area contributed by atoms with Crippen LogP contribution in [0, 0.1) is 11.6 Å². The van der Waals surface area contributed by atoms with Crippen molar-refractivity contribution in [2.75, 3.05) is 6.61 Å². The molecule has 0 fully saturated rings. The van der Waals surface area contributed by atoms with Gasteiger partial charge in [-0.3, -0.25) is 4.79 Å². The highest BCUT2D eigenvalue weighted by molar-refractivity contribution is 5.99. The molecular weight excluding hydrogens is 368 g/mol. The Balaban J connectivity index is 1.78. The Morgan fingerprint density at radius 1 is 1.14 bits per heavy atom. The van der Waals surface area contributed by atoms with Crippen molar-refractivity contribution in [3.63, 3.8) is 0 Å². The maximum Gasteiger partial charge on any atom is 0.342 e. The van der Waals surface area contributed by atoms with Gasteiger partial charge in [0.1, 0.15) is 5.56 Å². The molecular formula is C20H17F2N3O3. The highest BCUT2D eigenvalue weighted by Gasteiger charge is 2.23. The topological polar surface area (TPSA) is 74.1 Å². The van der Waals surface area contributed by atoms with Crippen LogP contribution >= 0.6 is 0 Å². The van der Waals surface area contributed by atoms with Crippen molar-refractivity contribution in [1.82, 2.24) is 14.8 Å². The fourth-order valence-corrected chi connectivity index (χ4v) is 2.69. The van der Waals surface area contributed by atoms with E-state index in [4.69, 9.17) is 4.74 Å². The second-order valence-electron chi connectivity index (χ2n) is 6.33. The standard InChI is InChI=1S/C20H17F2N3O3/c1-12(2)19-14(10-24-25(19)18-5-3-4-8-23-18)20(27)28-11-17(26)13-6-7-15(21)16(22)9-13/h3-10,12H,11H2,1-2H3. The number of hydrogen-bond acceptors (Lipinski definition) is 5. The van der Waals surface area contributed by atoms with Crippen LogP contribution < -0.4 is 0 Å². The lowest BCUT2D eigenvalue weighted by Gasteiger charge is -2.12. The zero-order chi connectivity index (χ0) is 20.3. The number of ether oxygens (including phenoxy) is 1. The molecule has 0 aliphatic rings. The van der Waals surface area contributed by atoms with E-state index in [9.17, 15) is 18.4 Å². The van der Waals surface area contributed by atoms with Crippen LogP contribution in [0.15, 0.2) is 48.8 Å². The van der Waals surface area contributed by atoms with Gasteiger partial charge in [0.2, 0.25) is 0 Å². The minimum Gasteiger partial charge on any atom is -0.454 e. The van der Waals surface area contributed by atoms with Crippen molar-refractivity contribution in [3.8, 4) is 5.82 Å². The van der Waals surface area contributed by atoms with E-state index in [1.807, 2.05) is 13.8 Å². The SMILES string of the molecule is CC(C)c1c(C(=O)OCC(=O)c2ccc(F)c(F)c2)cnn1-c1ccccn1. The van der Waals surface area contributed by atoms with E-state index >= 15 is 0 Å². The van der Waals surface area contributed by atoms with Gasteiger partial charge in [0, 0.05) is 11.8 Å². The van der Waals surface area contributed by atoms with Crippen LogP contribution in [0.1, 0.15) is 46.2 Å². The largest absolute Gasteiger partial charge is 0.454 e. The monoisotopic (exact) mass is 385 g/mol. The first kappa shape index (κ1) is 19.3. The number of aromatic nitrogens is 3. The molecule has 2 aromatic heterocycles. The summed E-state index contributed by atoms with van der Waals surface area (Å²) in [7, 11) is 0. The number of nitrogens with zero attached hydrogens (tertiary/aromatic N) is 3. The normalized spacial score (nSPS) is 10.9. The predicted molar refractivity (Wildman–Crippen MR) is 96.4 cm³/mol. The molecule has 28 heavy (non-hydrogen) atoms. The van der Waals surface area contributed by atoms with Gasteiger partial charge in [-0.05, 0) is 36.2 Å². The summed E-state index contributed by atoms with van der Waals surface area (Å²) in [5, 5.41) is 4.21. The Labute approximate surface area is 159 Å². The molecule has 0 spiro atoms. The van der Waals surface area contributed by atoms with Gasteiger partial charge in [0.15, 0.2) is 29.8 Å². The van der Waals surface area contributed by atoms with Gasteiger partial charge in [-0.15, -0.1) is 0 Å². The van der Waals surface area contributed by atoms with Gasteiger partial charge in [0.25, 0.3) is 0 Å². The molecule has 0 unspecified atom stereocenters. The van der Waals surface area contributed by atoms with Crippen molar-refractivity contribution in [3.05, 3.63) is 77.2 Å². The summed E-state index contributed by atoms with van der Waals surface area (Å²) in [4.78, 5) is 28.8. The number of ketones is 1. The van der Waals surface area contributed by atoms with Crippen LogP contribution in [0.5, 0.6) is 0 Å². The lowest BCUT2D eigenvalue weighted by molar-refractivity contribution is 0.0473. The number of benzene rings is 1. The summed E-state index contributed by atoms with van der Waals surface area (Å²) >= 11 is 0. The molecule has 6 nitrogen and oxygen atoms in total. The Kier molecular flexibility index (Phi) is 5.58. The molecule has 0 radical (unpaired) electrons. The summed E-state index contributed by atoms with van der Waals surface area (Å²) in [6, 6.07) is 8.06. The molecule has 2 heterocycles. The third kappa shape index (κ3) is 3.95. The van der Waals surface area contributed by atoms with Crippen molar-refractivity contribution >= 4 is 11.8 Å². The third-order valence-corrected chi connectivity index (χ3v) is 4.02. The Morgan fingerprint density at radius 2 is 1.93 bits per heavy atom. The number of carbonyl (C=O) groups is 2. The second kappa shape index (κ2) is 8.08. The van der Waals surface area contributed by atoms with E-state index < -0.39 is 30.0 Å². The maximum absolute atomic E-state index is 13.3. The first-order valence-corrected chi connectivity index (χ1v) is 8.53. The first-order valence-electron chi connectivity index (χ1n) is 8.53. The quantitative estimate of drug-likeness (QED) is 0.478. The average Bonchev–Trinajstić information content (AvgIpc) is 3.14. The molecule has 0 saturated carbocycles. The maximum atomic E-state index is 13.3. The van der Waals surface area contributed by atoms with Crippen molar-refractivity contribution in [2.24, 2.45) is 0 Å². The molecule has 0 aliphatic carbocycles. The lowest BCUT2D eigenvalue weighted by Crippen LogP contribution is -2.16. The minimum atomic E-state index is -1.14. The van der Waals surface area contributed by atoms with Crippen molar-refractivity contribution in [2.45, 2.75) is 19.8 Å². The van der Waals surface area contributed by atoms with Gasteiger partial charge in [-0.1, -0.05) is 19.9 Å². The van der Waals surface area contributed by atoms with Crippen LogP contribution in [-0.2, 0) is 4.74 Å². The molecule has 1 aromatic carbocycles. The number of carbonyl (C=O) groups excluding carboxylic acids is 2. The van der Waals surface area contributed by atoms with Crippen LogP contribution in [-0.4, -0.2) is 33.1 Å². The Bertz CT molecular complexity index is 1020. The number of Topliss-reactive ketones (excluding diaryl/α,β-unsaturated/α-hetero) is 1. The fourth-order valence-electron chi connectivity index (χ4n) is 2.69. The molecule has 144 valence electrons. The Morgan fingerprint density at radius 3 is 2.57 bits per heavy atom. The summed E-state index contributed by atoms with van der Waals surface area (Å²) in [6.07, 6.45) is 2.97. The zero-order valence-corrected chi connectivity index (χ0v) is 15.2. The molecule has 8 heteroatoms. The van der Waals surface area contributed by atoms with Crippen LogP contribution in [0.3, 0.4) is 0 Å². The molecule has 0 bridgehead atoms.